The Morgan fingerprint density at radius 3 is 2.57 bits per heavy atom. The van der Waals surface area contributed by atoms with E-state index in [-0.39, 0.29) is 12.3 Å². The summed E-state index contributed by atoms with van der Waals surface area (Å²) >= 11 is 0. The number of hydrazone groups is 1. The highest BCUT2D eigenvalue weighted by molar-refractivity contribution is 5.98. The van der Waals surface area contributed by atoms with Crippen LogP contribution in [0.4, 0.5) is 0 Å². The first-order chi connectivity index (χ1) is 13.5. The SMILES string of the molecule is C=CCc1cccc(/C=N/NC(=O)CNC(=O)/C(C=C)=C/C=C\C)c1O.CC. The number of carbonyl (C=O) groups is 2. The minimum Gasteiger partial charge on any atom is -0.507 e. The molecule has 28 heavy (non-hydrogen) atoms. The van der Waals surface area contributed by atoms with Gasteiger partial charge >= 0.3 is 0 Å². The minimum absolute atomic E-state index is 0.0865. The second-order valence-electron chi connectivity index (χ2n) is 5.18. The summed E-state index contributed by atoms with van der Waals surface area (Å²) in [4.78, 5) is 23.6. The second kappa shape index (κ2) is 14.7. The van der Waals surface area contributed by atoms with Crippen molar-refractivity contribution < 1.29 is 14.7 Å². The van der Waals surface area contributed by atoms with E-state index in [1.165, 1.54) is 12.3 Å². The van der Waals surface area contributed by atoms with Crippen LogP contribution >= 0.6 is 0 Å². The largest absolute Gasteiger partial charge is 0.507 e. The first kappa shape index (κ1) is 24.6. The summed E-state index contributed by atoms with van der Waals surface area (Å²) in [6.45, 7) is 12.8. The fourth-order valence-electron chi connectivity index (χ4n) is 1.95. The third-order valence-corrected chi connectivity index (χ3v) is 3.27. The number of carbonyl (C=O) groups excluding carboxylic acids is 2. The number of rotatable bonds is 9. The number of nitrogens with zero attached hydrogens (tertiary/aromatic N) is 1. The predicted molar refractivity (Wildman–Crippen MR) is 115 cm³/mol. The van der Waals surface area contributed by atoms with Gasteiger partial charge in [0.15, 0.2) is 0 Å². The first-order valence-corrected chi connectivity index (χ1v) is 9.00. The average molecular weight is 383 g/mol. The molecule has 3 N–H and O–H groups in total. The van der Waals surface area contributed by atoms with E-state index >= 15 is 0 Å². The number of para-hydroxylation sites is 1. The van der Waals surface area contributed by atoms with Crippen molar-refractivity contribution in [1.82, 2.24) is 10.7 Å². The Morgan fingerprint density at radius 2 is 1.96 bits per heavy atom. The molecule has 0 aliphatic rings. The normalized spacial score (nSPS) is 10.9. The molecule has 0 radical (unpaired) electrons. The molecule has 0 aliphatic carbocycles. The van der Waals surface area contributed by atoms with Gasteiger partial charge in [0.25, 0.3) is 11.8 Å². The van der Waals surface area contributed by atoms with Crippen molar-refractivity contribution in [2.75, 3.05) is 6.54 Å². The highest BCUT2D eigenvalue weighted by atomic mass is 16.3. The molecule has 0 heterocycles. The van der Waals surface area contributed by atoms with Gasteiger partial charge in [0.2, 0.25) is 0 Å². The van der Waals surface area contributed by atoms with Crippen molar-refractivity contribution >= 4 is 18.0 Å². The van der Waals surface area contributed by atoms with Gasteiger partial charge < -0.3 is 10.4 Å². The van der Waals surface area contributed by atoms with E-state index in [9.17, 15) is 14.7 Å². The molecule has 0 saturated carbocycles. The van der Waals surface area contributed by atoms with Gasteiger partial charge in [-0.15, -0.1) is 6.58 Å². The van der Waals surface area contributed by atoms with Crippen LogP contribution in [0, 0.1) is 0 Å². The van der Waals surface area contributed by atoms with Crippen LogP contribution in [0.15, 0.2) is 72.4 Å². The van der Waals surface area contributed by atoms with E-state index in [2.05, 4.69) is 29.0 Å². The summed E-state index contributed by atoms with van der Waals surface area (Å²) in [6.07, 6.45) is 10.0. The van der Waals surface area contributed by atoms with Crippen LogP contribution in [-0.2, 0) is 16.0 Å². The van der Waals surface area contributed by atoms with Crippen molar-refractivity contribution in [3.63, 3.8) is 0 Å². The van der Waals surface area contributed by atoms with Crippen LogP contribution < -0.4 is 10.7 Å². The minimum atomic E-state index is -0.495. The lowest BCUT2D eigenvalue weighted by atomic mass is 10.1. The zero-order valence-electron chi connectivity index (χ0n) is 16.7. The molecule has 6 heteroatoms. The molecule has 150 valence electrons. The number of phenolic OH excluding ortho intramolecular Hbond substituents is 1. The Morgan fingerprint density at radius 1 is 1.25 bits per heavy atom. The lowest BCUT2D eigenvalue weighted by Crippen LogP contribution is -2.35. The molecule has 0 aliphatic heterocycles. The molecule has 1 rings (SSSR count). The lowest BCUT2D eigenvalue weighted by Gasteiger charge is -2.05. The van der Waals surface area contributed by atoms with Crippen LogP contribution in [0.25, 0.3) is 0 Å². The molecule has 1 aromatic rings. The van der Waals surface area contributed by atoms with Crippen LogP contribution in [0.1, 0.15) is 31.9 Å². The van der Waals surface area contributed by atoms with E-state index in [0.29, 0.717) is 23.1 Å². The number of hydrogen-bond acceptors (Lipinski definition) is 4. The maximum atomic E-state index is 11.9. The summed E-state index contributed by atoms with van der Waals surface area (Å²) in [6, 6.07) is 5.22. The Bertz CT molecular complexity index is 762. The van der Waals surface area contributed by atoms with Crippen molar-refractivity contribution in [1.29, 1.82) is 0 Å². The van der Waals surface area contributed by atoms with Crippen LogP contribution in [0.2, 0.25) is 0 Å². The van der Waals surface area contributed by atoms with Gasteiger partial charge in [0, 0.05) is 11.1 Å². The molecule has 0 atom stereocenters. The summed E-state index contributed by atoms with van der Waals surface area (Å²) in [5.41, 5.74) is 3.83. The maximum absolute atomic E-state index is 11.9. The number of nitrogens with one attached hydrogen (secondary N) is 2. The van der Waals surface area contributed by atoms with Crippen LogP contribution in [0.3, 0.4) is 0 Å². The quantitative estimate of drug-likeness (QED) is 0.201. The standard InChI is InChI=1S/C20H23N3O3.C2H6/c1-4-7-10-15(6-3)20(26)21-14-18(24)23-22-13-17-12-8-11-16(9-5-2)19(17)25;1-2/h4-8,10-13,25H,2-3,9,14H2,1H3,(H,21,26)(H,23,24);1-2H3/b7-4-,15-10+,22-13+;. The Labute approximate surface area is 167 Å². The zero-order valence-corrected chi connectivity index (χ0v) is 16.7. The molecule has 0 spiro atoms. The van der Waals surface area contributed by atoms with E-state index in [1.54, 1.807) is 42.5 Å². The average Bonchev–Trinajstić information content (AvgIpc) is 2.71. The summed E-state index contributed by atoms with van der Waals surface area (Å²) in [5, 5.41) is 16.3. The van der Waals surface area contributed by atoms with Gasteiger partial charge in [0.1, 0.15) is 5.75 Å². The molecule has 6 nitrogen and oxygen atoms in total. The van der Waals surface area contributed by atoms with E-state index in [0.717, 1.165) is 0 Å². The molecule has 0 saturated heterocycles. The fraction of sp³-hybridized carbons (Fsp3) is 0.227. The van der Waals surface area contributed by atoms with E-state index < -0.39 is 11.8 Å². The smallest absolute Gasteiger partial charge is 0.259 e. The highest BCUT2D eigenvalue weighted by Crippen LogP contribution is 2.21. The third-order valence-electron chi connectivity index (χ3n) is 3.27. The number of phenols is 1. The van der Waals surface area contributed by atoms with Gasteiger partial charge in [-0.1, -0.05) is 56.9 Å². The molecular formula is C22H29N3O3. The van der Waals surface area contributed by atoms with Gasteiger partial charge in [-0.25, -0.2) is 5.43 Å². The molecule has 0 fully saturated rings. The van der Waals surface area contributed by atoms with Gasteiger partial charge in [0.05, 0.1) is 12.8 Å². The van der Waals surface area contributed by atoms with Crippen molar-refractivity contribution in [3.8, 4) is 5.75 Å². The Kier molecular flexibility index (Phi) is 12.9. The number of hydrogen-bond donors (Lipinski definition) is 3. The number of benzene rings is 1. The summed E-state index contributed by atoms with van der Waals surface area (Å²) in [7, 11) is 0. The maximum Gasteiger partial charge on any atom is 0.259 e. The van der Waals surface area contributed by atoms with Gasteiger partial charge in [-0.2, -0.15) is 5.10 Å². The summed E-state index contributed by atoms with van der Waals surface area (Å²) < 4.78 is 0. The van der Waals surface area contributed by atoms with Gasteiger partial charge in [-0.3, -0.25) is 9.59 Å². The number of allylic oxidation sites excluding steroid dienone is 4. The monoisotopic (exact) mass is 383 g/mol. The van der Waals surface area contributed by atoms with Gasteiger partial charge in [-0.05, 0) is 31.1 Å². The molecule has 0 aromatic heterocycles. The molecule has 1 aromatic carbocycles. The zero-order chi connectivity index (χ0) is 21.4. The van der Waals surface area contributed by atoms with Crippen molar-refractivity contribution in [2.45, 2.75) is 27.2 Å². The molecular weight excluding hydrogens is 354 g/mol. The topological polar surface area (TPSA) is 90.8 Å². The highest BCUT2D eigenvalue weighted by Gasteiger charge is 2.07. The van der Waals surface area contributed by atoms with E-state index in [1.807, 2.05) is 20.8 Å². The van der Waals surface area contributed by atoms with Crippen molar-refractivity contribution in [2.24, 2.45) is 5.10 Å². The second-order valence-corrected chi connectivity index (χ2v) is 5.18. The summed E-state index contributed by atoms with van der Waals surface area (Å²) in [5.74, 6) is -0.818. The van der Waals surface area contributed by atoms with E-state index in [4.69, 9.17) is 0 Å². The Hall–Kier alpha value is -3.41. The van der Waals surface area contributed by atoms with Crippen LogP contribution in [-0.4, -0.2) is 29.7 Å². The third kappa shape index (κ3) is 8.80. The lowest BCUT2D eigenvalue weighted by molar-refractivity contribution is -0.124. The first-order valence-electron chi connectivity index (χ1n) is 9.00. The number of aromatic hydroxyl groups is 1. The van der Waals surface area contributed by atoms with Crippen molar-refractivity contribution in [3.05, 3.63) is 78.4 Å². The van der Waals surface area contributed by atoms with Crippen LogP contribution in [0.5, 0.6) is 5.75 Å². The molecule has 2 amide bonds. The molecule has 0 bridgehead atoms. The number of amides is 2. The fourth-order valence-corrected chi connectivity index (χ4v) is 1.95. The Balaban J connectivity index is 0.00000352. The predicted octanol–water partition coefficient (Wildman–Crippen LogP) is 3.40. The molecule has 0 unspecified atom stereocenters.